The number of aromatic nitrogens is 2. The summed E-state index contributed by atoms with van der Waals surface area (Å²) in [6.07, 6.45) is -0.112. The largest absolute Gasteiger partial charge is 0.325 e. The first-order valence-electron chi connectivity index (χ1n) is 9.89. The molecule has 3 aromatic rings. The van der Waals surface area contributed by atoms with E-state index in [1.807, 2.05) is 30.3 Å². The second kappa shape index (κ2) is 8.12. The monoisotopic (exact) mass is 404 g/mol. The molecule has 154 valence electrons. The summed E-state index contributed by atoms with van der Waals surface area (Å²) in [5.41, 5.74) is 3.83. The molecule has 0 bridgehead atoms. The molecule has 4 rings (SSSR count). The van der Waals surface area contributed by atoms with E-state index in [4.69, 9.17) is 0 Å². The molecule has 1 aliphatic heterocycles. The molecular formula is C23H24N4O3. The van der Waals surface area contributed by atoms with Gasteiger partial charge in [-0.1, -0.05) is 42.5 Å². The molecule has 2 aromatic carbocycles. The molecule has 0 radical (unpaired) electrons. The van der Waals surface area contributed by atoms with Crippen molar-refractivity contribution >= 4 is 11.6 Å². The molecule has 0 aliphatic carbocycles. The average molecular weight is 404 g/mol. The zero-order valence-electron chi connectivity index (χ0n) is 17.0. The lowest BCUT2D eigenvalue weighted by Gasteiger charge is -2.34. The number of anilines is 1. The van der Waals surface area contributed by atoms with Gasteiger partial charge in [-0.25, -0.2) is 4.79 Å². The Morgan fingerprint density at radius 1 is 1.10 bits per heavy atom. The number of benzene rings is 2. The Hall–Kier alpha value is -3.45. The predicted octanol–water partition coefficient (Wildman–Crippen LogP) is 2.13. The van der Waals surface area contributed by atoms with E-state index in [0.717, 1.165) is 24.3 Å². The third-order valence-corrected chi connectivity index (χ3v) is 5.58. The number of nitrogens with one attached hydrogen (secondary N) is 3. The summed E-state index contributed by atoms with van der Waals surface area (Å²) < 4.78 is 0. The van der Waals surface area contributed by atoms with Gasteiger partial charge in [-0.3, -0.25) is 14.6 Å². The standard InChI is InChI=1S/C23H24N4O3/c1-14-17(22(29)26-23(30)24-14)11-21(28)25-20-10-6-9-16-18(12-27(2)13-19(16)20)15-7-4-3-5-8-15/h3-10,18H,11-13H2,1-2H3,(H,25,28)(H2,24,26,29,30). The summed E-state index contributed by atoms with van der Waals surface area (Å²) in [6.45, 7) is 3.25. The van der Waals surface area contributed by atoms with Crippen molar-refractivity contribution < 1.29 is 4.79 Å². The van der Waals surface area contributed by atoms with Gasteiger partial charge in [0.25, 0.3) is 5.56 Å². The van der Waals surface area contributed by atoms with Crippen LogP contribution in [0.5, 0.6) is 0 Å². The van der Waals surface area contributed by atoms with Crippen LogP contribution in [0.1, 0.15) is 33.9 Å². The van der Waals surface area contributed by atoms with Crippen molar-refractivity contribution in [2.75, 3.05) is 18.9 Å². The fraction of sp³-hybridized carbons (Fsp3) is 0.261. The number of hydrogen-bond donors (Lipinski definition) is 3. The Balaban J connectivity index is 1.63. The zero-order chi connectivity index (χ0) is 21.3. The lowest BCUT2D eigenvalue weighted by molar-refractivity contribution is -0.115. The van der Waals surface area contributed by atoms with Crippen LogP contribution in [0.4, 0.5) is 5.69 Å². The van der Waals surface area contributed by atoms with Crippen molar-refractivity contribution in [1.82, 2.24) is 14.9 Å². The van der Waals surface area contributed by atoms with E-state index in [1.165, 1.54) is 11.1 Å². The van der Waals surface area contributed by atoms with Gasteiger partial charge in [-0.05, 0) is 36.7 Å². The van der Waals surface area contributed by atoms with Crippen molar-refractivity contribution in [3.8, 4) is 0 Å². The molecular weight excluding hydrogens is 380 g/mol. The van der Waals surface area contributed by atoms with Crippen molar-refractivity contribution in [3.05, 3.63) is 97.3 Å². The molecule has 7 nitrogen and oxygen atoms in total. The Kier molecular flexibility index (Phi) is 5.37. The number of aromatic amines is 2. The van der Waals surface area contributed by atoms with Gasteiger partial charge in [0, 0.05) is 36.0 Å². The van der Waals surface area contributed by atoms with Crippen LogP contribution < -0.4 is 16.6 Å². The van der Waals surface area contributed by atoms with Gasteiger partial charge in [0.15, 0.2) is 0 Å². The molecule has 1 amide bonds. The molecule has 0 saturated heterocycles. The van der Waals surface area contributed by atoms with Crippen LogP contribution in [-0.4, -0.2) is 34.4 Å². The van der Waals surface area contributed by atoms with Gasteiger partial charge in [0.05, 0.1) is 6.42 Å². The number of carbonyl (C=O) groups is 1. The summed E-state index contributed by atoms with van der Waals surface area (Å²) in [7, 11) is 2.07. The highest BCUT2D eigenvalue weighted by atomic mass is 16.2. The molecule has 1 atom stereocenters. The summed E-state index contributed by atoms with van der Waals surface area (Å²) >= 11 is 0. The molecule has 0 spiro atoms. The lowest BCUT2D eigenvalue weighted by atomic mass is 9.84. The first-order chi connectivity index (χ1) is 14.4. The van der Waals surface area contributed by atoms with Crippen molar-refractivity contribution in [2.24, 2.45) is 0 Å². The summed E-state index contributed by atoms with van der Waals surface area (Å²) in [5.74, 6) is -0.0744. The summed E-state index contributed by atoms with van der Waals surface area (Å²) in [4.78, 5) is 43.1. The van der Waals surface area contributed by atoms with Gasteiger partial charge in [-0.15, -0.1) is 0 Å². The van der Waals surface area contributed by atoms with Crippen LogP contribution in [0.15, 0.2) is 58.1 Å². The molecule has 1 aromatic heterocycles. The zero-order valence-corrected chi connectivity index (χ0v) is 17.0. The quantitative estimate of drug-likeness (QED) is 0.620. The Labute approximate surface area is 173 Å². The van der Waals surface area contributed by atoms with Crippen LogP contribution in [0, 0.1) is 6.92 Å². The van der Waals surface area contributed by atoms with Crippen LogP contribution in [0.3, 0.4) is 0 Å². The van der Waals surface area contributed by atoms with E-state index >= 15 is 0 Å². The number of H-pyrrole nitrogens is 2. The maximum atomic E-state index is 12.7. The highest BCUT2D eigenvalue weighted by Crippen LogP contribution is 2.36. The van der Waals surface area contributed by atoms with Gasteiger partial charge in [-0.2, -0.15) is 0 Å². The minimum Gasteiger partial charge on any atom is -0.325 e. The molecule has 30 heavy (non-hydrogen) atoms. The predicted molar refractivity (Wildman–Crippen MR) is 116 cm³/mol. The van der Waals surface area contributed by atoms with E-state index in [0.29, 0.717) is 5.69 Å². The van der Waals surface area contributed by atoms with E-state index in [-0.39, 0.29) is 23.8 Å². The number of likely N-dealkylation sites (N-methyl/N-ethyl adjacent to an activating group) is 1. The number of fused-ring (bicyclic) bond motifs is 1. The third-order valence-electron chi connectivity index (χ3n) is 5.58. The number of aryl methyl sites for hydroxylation is 1. The minimum absolute atomic E-state index is 0.112. The molecule has 7 heteroatoms. The van der Waals surface area contributed by atoms with E-state index in [9.17, 15) is 14.4 Å². The normalized spacial score (nSPS) is 16.1. The lowest BCUT2D eigenvalue weighted by Crippen LogP contribution is -2.32. The smallest absolute Gasteiger partial charge is 0.325 e. The Bertz CT molecular complexity index is 1200. The van der Waals surface area contributed by atoms with E-state index < -0.39 is 11.2 Å². The fourth-order valence-corrected chi connectivity index (χ4v) is 4.13. The third kappa shape index (κ3) is 3.97. The van der Waals surface area contributed by atoms with Gasteiger partial charge < -0.3 is 15.2 Å². The second-order valence-corrected chi connectivity index (χ2v) is 7.77. The maximum absolute atomic E-state index is 12.7. The molecule has 1 aliphatic rings. The Morgan fingerprint density at radius 2 is 1.87 bits per heavy atom. The SMILES string of the molecule is Cc1[nH]c(=O)[nH]c(=O)c1CC(=O)Nc1cccc2c1CN(C)CC2c1ccccc1. The van der Waals surface area contributed by atoms with Crippen LogP contribution >= 0.6 is 0 Å². The highest BCUT2D eigenvalue weighted by molar-refractivity contribution is 5.93. The molecule has 3 N–H and O–H groups in total. The summed E-state index contributed by atoms with van der Waals surface area (Å²) in [6, 6.07) is 16.3. The molecule has 1 unspecified atom stereocenters. The van der Waals surface area contributed by atoms with Crippen molar-refractivity contribution in [1.29, 1.82) is 0 Å². The molecule has 2 heterocycles. The topological polar surface area (TPSA) is 98.1 Å². The highest BCUT2D eigenvalue weighted by Gasteiger charge is 2.27. The minimum atomic E-state index is -0.575. The van der Waals surface area contributed by atoms with E-state index in [2.05, 4.69) is 45.4 Å². The van der Waals surface area contributed by atoms with Gasteiger partial charge in [0.1, 0.15) is 0 Å². The van der Waals surface area contributed by atoms with E-state index in [1.54, 1.807) is 6.92 Å². The number of carbonyl (C=O) groups excluding carboxylic acids is 1. The fourth-order valence-electron chi connectivity index (χ4n) is 4.13. The first-order valence-corrected chi connectivity index (χ1v) is 9.89. The van der Waals surface area contributed by atoms with Crippen molar-refractivity contribution in [2.45, 2.75) is 25.8 Å². The number of hydrogen-bond acceptors (Lipinski definition) is 4. The Morgan fingerprint density at radius 3 is 2.60 bits per heavy atom. The van der Waals surface area contributed by atoms with Gasteiger partial charge >= 0.3 is 5.69 Å². The van der Waals surface area contributed by atoms with Crippen LogP contribution in [0.2, 0.25) is 0 Å². The van der Waals surface area contributed by atoms with Crippen LogP contribution in [-0.2, 0) is 17.8 Å². The molecule has 0 fully saturated rings. The van der Waals surface area contributed by atoms with Gasteiger partial charge in [0.2, 0.25) is 5.91 Å². The molecule has 0 saturated carbocycles. The number of nitrogens with zero attached hydrogens (tertiary/aromatic N) is 1. The number of rotatable bonds is 4. The summed E-state index contributed by atoms with van der Waals surface area (Å²) in [5, 5.41) is 2.97. The second-order valence-electron chi connectivity index (χ2n) is 7.77. The average Bonchev–Trinajstić information content (AvgIpc) is 2.71. The maximum Gasteiger partial charge on any atom is 0.325 e. The number of amides is 1. The van der Waals surface area contributed by atoms with Crippen LogP contribution in [0.25, 0.3) is 0 Å². The van der Waals surface area contributed by atoms with Crippen molar-refractivity contribution in [3.63, 3.8) is 0 Å². The first kappa shape index (κ1) is 19.8.